The maximum Gasteiger partial charge on any atom is 0.222 e. The Balaban J connectivity index is 0.000000791. The Kier molecular flexibility index (Phi) is 5.17. The van der Waals surface area contributed by atoms with Gasteiger partial charge in [0.2, 0.25) is 5.91 Å². The first-order chi connectivity index (χ1) is 6.41. The van der Waals surface area contributed by atoms with Gasteiger partial charge in [-0.05, 0) is 17.8 Å². The van der Waals surface area contributed by atoms with Crippen LogP contribution in [0, 0.1) is 11.3 Å². The zero-order valence-corrected chi connectivity index (χ0v) is 10.6. The van der Waals surface area contributed by atoms with Gasteiger partial charge in [0.05, 0.1) is 0 Å². The predicted octanol–water partition coefficient (Wildman–Crippen LogP) is 2.93. The molecule has 2 nitrogen and oxygen atoms in total. The van der Waals surface area contributed by atoms with Crippen molar-refractivity contribution in [3.8, 4) is 0 Å². The largest absolute Gasteiger partial charge is 0.346 e. The van der Waals surface area contributed by atoms with Crippen molar-refractivity contribution in [2.24, 2.45) is 11.3 Å². The summed E-state index contributed by atoms with van der Waals surface area (Å²) in [7, 11) is 1.89. The van der Waals surface area contributed by atoms with Gasteiger partial charge in [-0.1, -0.05) is 34.6 Å². The maximum atomic E-state index is 11.4. The van der Waals surface area contributed by atoms with Crippen molar-refractivity contribution >= 4 is 5.91 Å². The molecule has 1 atom stereocenters. The number of hydrogen-bond donors (Lipinski definition) is 0. The molecule has 1 saturated heterocycles. The van der Waals surface area contributed by atoms with Crippen molar-refractivity contribution in [3.63, 3.8) is 0 Å². The van der Waals surface area contributed by atoms with E-state index in [1.807, 2.05) is 25.8 Å². The van der Waals surface area contributed by atoms with Crippen molar-refractivity contribution in [3.05, 3.63) is 0 Å². The third-order valence-electron chi connectivity index (χ3n) is 2.88. The van der Waals surface area contributed by atoms with Crippen LogP contribution in [-0.4, -0.2) is 24.4 Å². The summed E-state index contributed by atoms with van der Waals surface area (Å²) >= 11 is 0. The van der Waals surface area contributed by atoms with E-state index in [4.69, 9.17) is 0 Å². The third kappa shape index (κ3) is 3.69. The highest BCUT2D eigenvalue weighted by atomic mass is 16.2. The molecule has 0 aromatic carbocycles. The van der Waals surface area contributed by atoms with Crippen LogP contribution in [-0.2, 0) is 4.79 Å². The van der Waals surface area contributed by atoms with Gasteiger partial charge in [0, 0.05) is 20.0 Å². The molecule has 0 aromatic heterocycles. The molecule has 0 bridgehead atoms. The number of carbonyl (C=O) groups excluding carboxylic acids is 1. The molecular weight excluding hydrogens is 174 g/mol. The lowest BCUT2D eigenvalue weighted by molar-refractivity contribution is -0.135. The number of piperidine rings is 1. The van der Waals surface area contributed by atoms with Crippen molar-refractivity contribution in [2.45, 2.75) is 47.5 Å². The van der Waals surface area contributed by atoms with Crippen molar-refractivity contribution in [1.29, 1.82) is 0 Å². The molecule has 1 unspecified atom stereocenters. The summed E-state index contributed by atoms with van der Waals surface area (Å²) in [5.41, 5.74) is 0.289. The molecule has 1 amide bonds. The van der Waals surface area contributed by atoms with E-state index in [0.717, 1.165) is 19.4 Å². The SMILES string of the molecule is CC.CN1CCC(C(C)(C)C)CC1=O. The highest BCUT2D eigenvalue weighted by molar-refractivity contribution is 5.76. The maximum absolute atomic E-state index is 11.4. The highest BCUT2D eigenvalue weighted by Gasteiger charge is 2.31. The molecule has 0 aliphatic carbocycles. The number of nitrogens with zero attached hydrogens (tertiary/aromatic N) is 1. The molecule has 84 valence electrons. The van der Waals surface area contributed by atoms with Gasteiger partial charge >= 0.3 is 0 Å². The van der Waals surface area contributed by atoms with Crippen LogP contribution in [0.1, 0.15) is 47.5 Å². The van der Waals surface area contributed by atoms with Gasteiger partial charge in [-0.15, -0.1) is 0 Å². The Morgan fingerprint density at radius 1 is 1.29 bits per heavy atom. The Hall–Kier alpha value is -0.530. The van der Waals surface area contributed by atoms with Gasteiger partial charge in [0.1, 0.15) is 0 Å². The summed E-state index contributed by atoms with van der Waals surface area (Å²) < 4.78 is 0. The van der Waals surface area contributed by atoms with Crippen molar-refractivity contribution in [1.82, 2.24) is 4.90 Å². The first kappa shape index (κ1) is 13.5. The van der Waals surface area contributed by atoms with Gasteiger partial charge in [-0.2, -0.15) is 0 Å². The quantitative estimate of drug-likeness (QED) is 0.587. The number of likely N-dealkylation sites (tertiary alicyclic amines) is 1. The molecule has 1 heterocycles. The van der Waals surface area contributed by atoms with Gasteiger partial charge in [-0.25, -0.2) is 0 Å². The molecule has 0 aromatic rings. The van der Waals surface area contributed by atoms with E-state index in [2.05, 4.69) is 20.8 Å². The average molecular weight is 199 g/mol. The van der Waals surface area contributed by atoms with Gasteiger partial charge in [0.25, 0.3) is 0 Å². The zero-order valence-electron chi connectivity index (χ0n) is 10.6. The summed E-state index contributed by atoms with van der Waals surface area (Å²) in [6, 6.07) is 0. The Morgan fingerprint density at radius 3 is 2.14 bits per heavy atom. The second-order valence-electron chi connectivity index (χ2n) is 4.87. The summed E-state index contributed by atoms with van der Waals surface area (Å²) in [5, 5.41) is 0. The number of amides is 1. The second-order valence-corrected chi connectivity index (χ2v) is 4.87. The Labute approximate surface area is 88.7 Å². The van der Waals surface area contributed by atoms with Gasteiger partial charge in [0.15, 0.2) is 0 Å². The summed E-state index contributed by atoms with van der Waals surface area (Å²) in [6.45, 7) is 11.6. The molecule has 0 saturated carbocycles. The lowest BCUT2D eigenvalue weighted by Gasteiger charge is -2.36. The first-order valence-corrected chi connectivity index (χ1v) is 5.65. The summed E-state index contributed by atoms with van der Waals surface area (Å²) in [6.07, 6.45) is 1.89. The van der Waals surface area contributed by atoms with Gasteiger partial charge in [-0.3, -0.25) is 4.79 Å². The normalized spacial score (nSPS) is 22.9. The number of hydrogen-bond acceptors (Lipinski definition) is 1. The van der Waals surface area contributed by atoms with E-state index in [1.54, 1.807) is 0 Å². The van der Waals surface area contributed by atoms with Crippen LogP contribution in [0.25, 0.3) is 0 Å². The predicted molar refractivity (Wildman–Crippen MR) is 61.2 cm³/mol. The summed E-state index contributed by atoms with van der Waals surface area (Å²) in [4.78, 5) is 13.2. The van der Waals surface area contributed by atoms with Gasteiger partial charge < -0.3 is 4.90 Å². The Bertz CT molecular complexity index is 181. The number of carbonyl (C=O) groups is 1. The molecule has 1 aliphatic heterocycles. The fourth-order valence-electron chi connectivity index (χ4n) is 1.68. The molecular formula is C12H25NO. The topological polar surface area (TPSA) is 20.3 Å². The first-order valence-electron chi connectivity index (χ1n) is 5.65. The minimum atomic E-state index is 0.289. The van der Waals surface area contributed by atoms with Crippen LogP contribution in [0.3, 0.4) is 0 Å². The van der Waals surface area contributed by atoms with E-state index in [9.17, 15) is 4.79 Å². The van der Waals surface area contributed by atoms with Crippen LogP contribution in [0.15, 0.2) is 0 Å². The van der Waals surface area contributed by atoms with E-state index >= 15 is 0 Å². The molecule has 1 fully saturated rings. The van der Waals surface area contributed by atoms with Crippen LogP contribution in [0.2, 0.25) is 0 Å². The minimum absolute atomic E-state index is 0.289. The molecule has 1 aliphatic rings. The van der Waals surface area contributed by atoms with E-state index in [1.165, 1.54) is 0 Å². The lowest BCUT2D eigenvalue weighted by Crippen LogP contribution is -2.39. The molecule has 0 N–H and O–H groups in total. The van der Waals surface area contributed by atoms with E-state index in [0.29, 0.717) is 11.8 Å². The van der Waals surface area contributed by atoms with Crippen LogP contribution in [0.4, 0.5) is 0 Å². The zero-order chi connectivity index (χ0) is 11.4. The molecule has 14 heavy (non-hydrogen) atoms. The fraction of sp³-hybridized carbons (Fsp3) is 0.917. The fourth-order valence-corrected chi connectivity index (χ4v) is 1.68. The van der Waals surface area contributed by atoms with E-state index < -0.39 is 0 Å². The van der Waals surface area contributed by atoms with E-state index in [-0.39, 0.29) is 5.41 Å². The monoisotopic (exact) mass is 199 g/mol. The standard InChI is InChI=1S/C10H19NO.C2H6/c1-10(2,3)8-5-6-11(4)9(12)7-8;1-2/h8H,5-7H2,1-4H3;1-2H3. The summed E-state index contributed by atoms with van der Waals surface area (Å²) in [5.74, 6) is 0.877. The third-order valence-corrected chi connectivity index (χ3v) is 2.88. The van der Waals surface area contributed by atoms with Crippen LogP contribution < -0.4 is 0 Å². The number of rotatable bonds is 0. The highest BCUT2D eigenvalue weighted by Crippen LogP contribution is 2.34. The van der Waals surface area contributed by atoms with Crippen molar-refractivity contribution in [2.75, 3.05) is 13.6 Å². The molecule has 1 rings (SSSR count). The molecule has 2 heteroatoms. The van der Waals surface area contributed by atoms with Crippen molar-refractivity contribution < 1.29 is 4.79 Å². The molecule has 0 radical (unpaired) electrons. The van der Waals surface area contributed by atoms with Crippen LogP contribution in [0.5, 0.6) is 0 Å². The smallest absolute Gasteiger partial charge is 0.222 e. The Morgan fingerprint density at radius 2 is 1.79 bits per heavy atom. The average Bonchev–Trinajstić information content (AvgIpc) is 2.11. The second kappa shape index (κ2) is 5.38. The molecule has 0 spiro atoms. The van der Waals surface area contributed by atoms with Crippen LogP contribution >= 0.6 is 0 Å². The minimum Gasteiger partial charge on any atom is -0.346 e. The lowest BCUT2D eigenvalue weighted by atomic mass is 9.75.